The lowest BCUT2D eigenvalue weighted by molar-refractivity contribution is 0.0625. The van der Waals surface area contributed by atoms with Gasteiger partial charge in [-0.2, -0.15) is 0 Å². The normalized spacial score (nSPS) is 15.0. The van der Waals surface area contributed by atoms with Gasteiger partial charge in [0.2, 0.25) is 0 Å². The molecule has 6 heteroatoms. The monoisotopic (exact) mass is 373 g/mol. The van der Waals surface area contributed by atoms with Crippen LogP contribution >= 0.6 is 11.6 Å². The summed E-state index contributed by atoms with van der Waals surface area (Å²) in [5.41, 5.74) is 2.72. The molecule has 1 aliphatic rings. The van der Waals surface area contributed by atoms with E-state index in [0.29, 0.717) is 24.4 Å². The second kappa shape index (κ2) is 8.43. The lowest BCUT2D eigenvalue weighted by Crippen LogP contribution is -2.48. The molecule has 0 saturated carbocycles. The van der Waals surface area contributed by atoms with Crippen LogP contribution in [-0.2, 0) is 6.54 Å². The van der Waals surface area contributed by atoms with Gasteiger partial charge in [0.05, 0.1) is 12.7 Å². The van der Waals surface area contributed by atoms with Gasteiger partial charge in [-0.25, -0.2) is 0 Å². The number of rotatable bonds is 5. The van der Waals surface area contributed by atoms with Gasteiger partial charge in [0.1, 0.15) is 5.75 Å². The summed E-state index contributed by atoms with van der Waals surface area (Å²) in [5, 5.41) is 3.82. The van der Waals surface area contributed by atoms with E-state index in [1.54, 1.807) is 7.11 Å². The first-order valence-corrected chi connectivity index (χ1v) is 9.10. The second-order valence-corrected chi connectivity index (χ2v) is 6.80. The van der Waals surface area contributed by atoms with Gasteiger partial charge in [0.15, 0.2) is 0 Å². The molecular weight excluding hydrogens is 350 g/mol. The number of piperazine rings is 1. The van der Waals surface area contributed by atoms with Crippen molar-refractivity contribution in [3.05, 3.63) is 58.6 Å². The van der Waals surface area contributed by atoms with Gasteiger partial charge < -0.3 is 15.0 Å². The highest BCUT2D eigenvalue weighted by Crippen LogP contribution is 2.25. The van der Waals surface area contributed by atoms with Gasteiger partial charge in [-0.3, -0.25) is 9.69 Å². The summed E-state index contributed by atoms with van der Waals surface area (Å²) >= 11 is 6.06. The molecule has 0 unspecified atom stereocenters. The van der Waals surface area contributed by atoms with Crippen LogP contribution in [0, 0.1) is 0 Å². The van der Waals surface area contributed by atoms with Gasteiger partial charge >= 0.3 is 0 Å². The Labute approximate surface area is 159 Å². The van der Waals surface area contributed by atoms with Crippen molar-refractivity contribution in [3.8, 4) is 5.75 Å². The third-order valence-corrected chi connectivity index (χ3v) is 4.91. The van der Waals surface area contributed by atoms with E-state index in [1.807, 2.05) is 48.3 Å². The topological polar surface area (TPSA) is 44.8 Å². The van der Waals surface area contributed by atoms with Gasteiger partial charge in [-0.1, -0.05) is 23.7 Å². The van der Waals surface area contributed by atoms with Crippen LogP contribution in [0.5, 0.6) is 5.75 Å². The highest BCUT2D eigenvalue weighted by molar-refractivity contribution is 6.30. The first kappa shape index (κ1) is 18.5. The summed E-state index contributed by atoms with van der Waals surface area (Å²) in [4.78, 5) is 17.1. The van der Waals surface area contributed by atoms with E-state index in [0.717, 1.165) is 30.3 Å². The lowest BCUT2D eigenvalue weighted by atomic mass is 10.1. The first-order valence-electron chi connectivity index (χ1n) is 8.72. The zero-order valence-corrected chi connectivity index (χ0v) is 15.9. The summed E-state index contributed by atoms with van der Waals surface area (Å²) in [6, 6.07) is 13.5. The average Bonchev–Trinajstić information content (AvgIpc) is 2.67. The quantitative estimate of drug-likeness (QED) is 0.873. The predicted molar refractivity (Wildman–Crippen MR) is 105 cm³/mol. The Morgan fingerprint density at radius 2 is 1.92 bits per heavy atom. The Kier molecular flexibility index (Phi) is 6.01. The molecule has 0 aliphatic carbocycles. The lowest BCUT2D eigenvalue weighted by Gasteiger charge is -2.35. The molecule has 3 rings (SSSR count). The van der Waals surface area contributed by atoms with Crippen LogP contribution in [0.4, 0.5) is 5.69 Å². The van der Waals surface area contributed by atoms with E-state index < -0.39 is 0 Å². The Morgan fingerprint density at radius 1 is 1.15 bits per heavy atom. The molecule has 0 aromatic heterocycles. The zero-order chi connectivity index (χ0) is 18.5. The number of carbonyl (C=O) groups is 1. The smallest absolute Gasteiger partial charge is 0.257 e. The molecule has 5 nitrogen and oxygen atoms in total. The highest BCUT2D eigenvalue weighted by atomic mass is 35.5. The van der Waals surface area contributed by atoms with Crippen molar-refractivity contribution in [1.29, 1.82) is 0 Å². The van der Waals surface area contributed by atoms with Crippen LogP contribution in [0.15, 0.2) is 42.5 Å². The molecule has 0 radical (unpaired) electrons. The molecule has 2 aromatic rings. The minimum absolute atomic E-state index is 0.0203. The summed E-state index contributed by atoms with van der Waals surface area (Å²) in [5.74, 6) is 0.620. The molecular formula is C20H24ClN3O2. The molecule has 1 saturated heterocycles. The van der Waals surface area contributed by atoms with Crippen molar-refractivity contribution in [2.24, 2.45) is 0 Å². The first-order chi connectivity index (χ1) is 12.6. The summed E-state index contributed by atoms with van der Waals surface area (Å²) in [6.45, 7) is 3.94. The van der Waals surface area contributed by atoms with Crippen molar-refractivity contribution in [3.63, 3.8) is 0 Å². The molecule has 0 atom stereocenters. The van der Waals surface area contributed by atoms with Crippen molar-refractivity contribution < 1.29 is 9.53 Å². The Morgan fingerprint density at radius 3 is 2.58 bits per heavy atom. The number of anilines is 1. The number of nitrogens with one attached hydrogen (secondary N) is 1. The molecule has 26 heavy (non-hydrogen) atoms. The fourth-order valence-electron chi connectivity index (χ4n) is 3.20. The van der Waals surface area contributed by atoms with Gasteiger partial charge in [0.25, 0.3) is 5.91 Å². The molecule has 1 fully saturated rings. The molecule has 1 heterocycles. The van der Waals surface area contributed by atoms with E-state index in [1.165, 1.54) is 5.56 Å². The molecule has 1 aliphatic heterocycles. The van der Waals surface area contributed by atoms with E-state index in [-0.39, 0.29) is 5.91 Å². The molecule has 0 bridgehead atoms. The standard InChI is InChI=1S/C20H24ClN3O2/c1-22-17-6-7-18(19(13-17)26-2)20(25)24-10-8-23(9-11-24)14-15-4-3-5-16(21)12-15/h3-7,12-13,22H,8-11,14H2,1-2H3. The van der Waals surface area contributed by atoms with Crippen LogP contribution in [0.1, 0.15) is 15.9 Å². The maximum atomic E-state index is 12.9. The highest BCUT2D eigenvalue weighted by Gasteiger charge is 2.24. The van der Waals surface area contributed by atoms with Crippen LogP contribution < -0.4 is 10.1 Å². The van der Waals surface area contributed by atoms with Gasteiger partial charge in [-0.15, -0.1) is 0 Å². The zero-order valence-electron chi connectivity index (χ0n) is 15.2. The van der Waals surface area contributed by atoms with Crippen LogP contribution in [0.3, 0.4) is 0 Å². The largest absolute Gasteiger partial charge is 0.496 e. The van der Waals surface area contributed by atoms with Crippen molar-refractivity contribution in [2.75, 3.05) is 45.7 Å². The Balaban J connectivity index is 1.62. The average molecular weight is 374 g/mol. The Hall–Kier alpha value is -2.24. The van der Waals surface area contributed by atoms with E-state index in [9.17, 15) is 4.79 Å². The number of methoxy groups -OCH3 is 1. The van der Waals surface area contributed by atoms with E-state index >= 15 is 0 Å². The second-order valence-electron chi connectivity index (χ2n) is 6.36. The Bertz CT molecular complexity index is 773. The van der Waals surface area contributed by atoms with Crippen LogP contribution in [0.25, 0.3) is 0 Å². The maximum absolute atomic E-state index is 12.9. The van der Waals surface area contributed by atoms with Crippen molar-refractivity contribution in [1.82, 2.24) is 9.80 Å². The minimum atomic E-state index is 0.0203. The maximum Gasteiger partial charge on any atom is 0.257 e. The molecule has 0 spiro atoms. The number of hydrogen-bond donors (Lipinski definition) is 1. The predicted octanol–water partition coefficient (Wildman–Crippen LogP) is 3.35. The third kappa shape index (κ3) is 4.29. The molecule has 1 amide bonds. The molecule has 1 N–H and O–H groups in total. The van der Waals surface area contributed by atoms with Crippen LogP contribution in [0.2, 0.25) is 5.02 Å². The fraction of sp³-hybridized carbons (Fsp3) is 0.350. The number of amides is 1. The number of hydrogen-bond acceptors (Lipinski definition) is 4. The summed E-state index contributed by atoms with van der Waals surface area (Å²) < 4.78 is 5.40. The SMILES string of the molecule is CNc1ccc(C(=O)N2CCN(Cc3cccc(Cl)c3)CC2)c(OC)c1. The van der Waals surface area contributed by atoms with E-state index in [4.69, 9.17) is 16.3 Å². The molecule has 2 aromatic carbocycles. The minimum Gasteiger partial charge on any atom is -0.496 e. The summed E-state index contributed by atoms with van der Waals surface area (Å²) in [6.07, 6.45) is 0. The fourth-order valence-corrected chi connectivity index (χ4v) is 3.41. The van der Waals surface area contributed by atoms with Gasteiger partial charge in [0, 0.05) is 56.5 Å². The van der Waals surface area contributed by atoms with Crippen LogP contribution in [-0.4, -0.2) is 56.0 Å². The number of carbonyl (C=O) groups excluding carboxylic acids is 1. The van der Waals surface area contributed by atoms with Crippen molar-refractivity contribution in [2.45, 2.75) is 6.54 Å². The van der Waals surface area contributed by atoms with Crippen molar-refractivity contribution >= 4 is 23.2 Å². The number of ether oxygens (including phenoxy) is 1. The van der Waals surface area contributed by atoms with Gasteiger partial charge in [-0.05, 0) is 29.8 Å². The number of nitrogens with zero attached hydrogens (tertiary/aromatic N) is 2. The number of benzene rings is 2. The van der Waals surface area contributed by atoms with E-state index in [2.05, 4.69) is 16.3 Å². The number of halogens is 1. The third-order valence-electron chi connectivity index (χ3n) is 4.68. The summed E-state index contributed by atoms with van der Waals surface area (Å²) in [7, 11) is 3.43. The molecule has 138 valence electrons.